The van der Waals surface area contributed by atoms with Crippen LogP contribution in [-0.4, -0.2) is 48.9 Å². The number of para-hydroxylation sites is 1. The molecule has 0 spiro atoms. The predicted molar refractivity (Wildman–Crippen MR) is 105 cm³/mol. The van der Waals surface area contributed by atoms with E-state index in [2.05, 4.69) is 20.2 Å². The van der Waals surface area contributed by atoms with Gasteiger partial charge >= 0.3 is 0 Å². The zero-order chi connectivity index (χ0) is 20.4. The molecule has 144 valence electrons. The summed E-state index contributed by atoms with van der Waals surface area (Å²) in [5, 5.41) is 17.1. The van der Waals surface area contributed by atoms with Crippen LogP contribution in [0.1, 0.15) is 42.6 Å². The number of hydrogen-bond donors (Lipinski definition) is 0. The summed E-state index contributed by atoms with van der Waals surface area (Å²) in [6, 6.07) is 10.8. The fraction of sp³-hybridized carbons (Fsp3) is 0.300. The van der Waals surface area contributed by atoms with Gasteiger partial charge in [0.15, 0.2) is 0 Å². The van der Waals surface area contributed by atoms with E-state index >= 15 is 0 Å². The third-order valence-electron chi connectivity index (χ3n) is 3.86. The van der Waals surface area contributed by atoms with Crippen molar-refractivity contribution < 1.29 is 4.79 Å². The number of nitriles is 1. The van der Waals surface area contributed by atoms with Crippen molar-refractivity contribution in [2.24, 2.45) is 0 Å². The van der Waals surface area contributed by atoms with Crippen molar-refractivity contribution in [3.05, 3.63) is 66.0 Å². The van der Waals surface area contributed by atoms with E-state index < -0.39 is 0 Å². The minimum absolute atomic E-state index is 0.114. The summed E-state index contributed by atoms with van der Waals surface area (Å²) < 4.78 is 0. The number of likely N-dealkylation sites (N-methyl/N-ethyl adjacent to an activating group) is 1. The lowest BCUT2D eigenvalue weighted by Gasteiger charge is -2.21. The van der Waals surface area contributed by atoms with Gasteiger partial charge in [0.1, 0.15) is 17.6 Å². The monoisotopic (exact) mass is 377 g/mol. The Morgan fingerprint density at radius 3 is 2.54 bits per heavy atom. The lowest BCUT2D eigenvalue weighted by molar-refractivity contribution is 0.0765. The third kappa shape index (κ3) is 4.98. The van der Waals surface area contributed by atoms with E-state index in [1.165, 1.54) is 4.80 Å². The molecule has 8 nitrogen and oxygen atoms in total. The Kier molecular flexibility index (Phi) is 7.78. The molecular formula is C20H23N7O. The maximum Gasteiger partial charge on any atom is 0.256 e. The zero-order valence-electron chi connectivity index (χ0n) is 16.3. The maximum atomic E-state index is 13.0. The molecule has 1 amide bonds. The first-order valence-electron chi connectivity index (χ1n) is 9.20. The van der Waals surface area contributed by atoms with Gasteiger partial charge < -0.3 is 4.90 Å². The summed E-state index contributed by atoms with van der Waals surface area (Å²) in [5.74, 6) is 0.425. The summed E-state index contributed by atoms with van der Waals surface area (Å²) in [5.41, 5.74) is 1.47. The van der Waals surface area contributed by atoms with Gasteiger partial charge in [-0.2, -0.15) is 20.3 Å². The first-order valence-corrected chi connectivity index (χ1v) is 9.20. The van der Waals surface area contributed by atoms with Crippen molar-refractivity contribution in [3.8, 4) is 11.8 Å². The largest absolute Gasteiger partial charge is 0.338 e. The number of rotatable bonds is 6. The molecule has 0 bridgehead atoms. The number of nitrogens with zero attached hydrogens (tertiary/aromatic N) is 7. The van der Waals surface area contributed by atoms with Crippen LogP contribution >= 0.6 is 0 Å². The van der Waals surface area contributed by atoms with Gasteiger partial charge in [-0.05, 0) is 25.1 Å². The second-order valence-electron chi connectivity index (χ2n) is 5.44. The lowest BCUT2D eigenvalue weighted by atomic mass is 10.1. The van der Waals surface area contributed by atoms with Crippen LogP contribution in [0.4, 0.5) is 0 Å². The van der Waals surface area contributed by atoms with Gasteiger partial charge in [-0.25, -0.2) is 9.97 Å². The van der Waals surface area contributed by atoms with Gasteiger partial charge in [0.25, 0.3) is 5.91 Å². The van der Waals surface area contributed by atoms with Gasteiger partial charge in [-0.1, -0.05) is 26.0 Å². The summed E-state index contributed by atoms with van der Waals surface area (Å²) in [6.07, 6.45) is 5.16. The molecule has 0 aliphatic rings. The van der Waals surface area contributed by atoms with Crippen molar-refractivity contribution in [2.75, 3.05) is 13.1 Å². The minimum atomic E-state index is -0.114. The van der Waals surface area contributed by atoms with Crippen LogP contribution in [-0.2, 0) is 6.42 Å². The van der Waals surface area contributed by atoms with Crippen LogP contribution in [0.5, 0.6) is 0 Å². The molecule has 1 aromatic carbocycles. The van der Waals surface area contributed by atoms with Crippen LogP contribution in [0.25, 0.3) is 5.69 Å². The van der Waals surface area contributed by atoms with E-state index in [0.29, 0.717) is 42.3 Å². The van der Waals surface area contributed by atoms with Crippen LogP contribution in [0.2, 0.25) is 0 Å². The molecule has 2 aromatic heterocycles. The molecule has 8 heteroatoms. The second kappa shape index (κ2) is 10.5. The van der Waals surface area contributed by atoms with Gasteiger partial charge in [-0.15, -0.1) is 0 Å². The number of benzene rings is 1. The van der Waals surface area contributed by atoms with Crippen molar-refractivity contribution >= 4 is 5.91 Å². The molecule has 0 fully saturated rings. The Morgan fingerprint density at radius 2 is 1.86 bits per heavy atom. The average Bonchev–Trinajstić information content (AvgIpc) is 3.30. The van der Waals surface area contributed by atoms with E-state index in [1.807, 2.05) is 39.0 Å². The van der Waals surface area contributed by atoms with E-state index in [4.69, 9.17) is 5.26 Å². The standard InChI is InChI=1S/C18H17N7O.C2H6/c1-2-24(12-8-17-20-9-7-14(13-19)23-17)18(26)15-5-3-4-6-16(15)25-21-10-11-22-25;1-2/h3-7,9-11H,2,8,12H2,1H3;1-2H3. The highest BCUT2D eigenvalue weighted by Gasteiger charge is 2.19. The fourth-order valence-electron chi connectivity index (χ4n) is 2.56. The molecular weight excluding hydrogens is 354 g/mol. The lowest BCUT2D eigenvalue weighted by Crippen LogP contribution is -2.33. The molecule has 0 unspecified atom stereocenters. The minimum Gasteiger partial charge on any atom is -0.338 e. The average molecular weight is 377 g/mol. The third-order valence-corrected chi connectivity index (χ3v) is 3.86. The molecule has 3 rings (SSSR count). The van der Waals surface area contributed by atoms with Crippen LogP contribution in [0.15, 0.2) is 48.9 Å². The predicted octanol–water partition coefficient (Wildman–Crippen LogP) is 2.66. The highest BCUT2D eigenvalue weighted by atomic mass is 16.2. The molecule has 0 aliphatic carbocycles. The van der Waals surface area contributed by atoms with Crippen molar-refractivity contribution in [1.29, 1.82) is 5.26 Å². The number of hydrogen-bond acceptors (Lipinski definition) is 6. The Balaban J connectivity index is 0.00000136. The molecule has 0 radical (unpaired) electrons. The fourth-order valence-corrected chi connectivity index (χ4v) is 2.56. The number of aromatic nitrogens is 5. The number of carbonyl (C=O) groups is 1. The quantitative estimate of drug-likeness (QED) is 0.655. The Labute approximate surface area is 164 Å². The van der Waals surface area contributed by atoms with E-state index in [1.54, 1.807) is 41.7 Å². The SMILES string of the molecule is CC.CCN(CCc1nccc(C#N)n1)C(=O)c1ccccc1-n1nccn1. The highest BCUT2D eigenvalue weighted by molar-refractivity contribution is 5.97. The Hall–Kier alpha value is -3.60. The van der Waals surface area contributed by atoms with Gasteiger partial charge in [0, 0.05) is 25.7 Å². The van der Waals surface area contributed by atoms with Crippen LogP contribution in [0, 0.1) is 11.3 Å². The molecule has 0 atom stereocenters. The topological polar surface area (TPSA) is 101 Å². The Bertz CT molecular complexity index is 932. The summed E-state index contributed by atoms with van der Waals surface area (Å²) >= 11 is 0. The molecule has 0 saturated heterocycles. The van der Waals surface area contributed by atoms with Crippen LogP contribution < -0.4 is 0 Å². The van der Waals surface area contributed by atoms with Crippen molar-refractivity contribution in [2.45, 2.75) is 27.2 Å². The first-order chi connectivity index (χ1) is 13.7. The first kappa shape index (κ1) is 20.7. The van der Waals surface area contributed by atoms with Gasteiger partial charge in [0.05, 0.1) is 23.6 Å². The van der Waals surface area contributed by atoms with Crippen molar-refractivity contribution in [3.63, 3.8) is 0 Å². The summed E-state index contributed by atoms with van der Waals surface area (Å²) in [6.45, 7) is 6.90. The number of carbonyl (C=O) groups excluding carboxylic acids is 1. The van der Waals surface area contributed by atoms with E-state index in [-0.39, 0.29) is 5.91 Å². The summed E-state index contributed by atoms with van der Waals surface area (Å²) in [7, 11) is 0. The molecule has 3 aromatic rings. The van der Waals surface area contributed by atoms with Gasteiger partial charge in [0.2, 0.25) is 0 Å². The molecule has 28 heavy (non-hydrogen) atoms. The smallest absolute Gasteiger partial charge is 0.256 e. The zero-order valence-corrected chi connectivity index (χ0v) is 16.3. The normalized spacial score (nSPS) is 9.79. The Morgan fingerprint density at radius 1 is 1.14 bits per heavy atom. The van der Waals surface area contributed by atoms with E-state index in [0.717, 1.165) is 0 Å². The molecule has 0 aliphatic heterocycles. The van der Waals surface area contributed by atoms with Gasteiger partial charge in [-0.3, -0.25) is 4.79 Å². The summed E-state index contributed by atoms with van der Waals surface area (Å²) in [4.78, 5) is 24.5. The molecule has 0 saturated carbocycles. The number of amides is 1. The van der Waals surface area contributed by atoms with Crippen molar-refractivity contribution in [1.82, 2.24) is 29.9 Å². The molecule has 0 N–H and O–H groups in total. The second-order valence-corrected chi connectivity index (χ2v) is 5.44. The highest BCUT2D eigenvalue weighted by Crippen LogP contribution is 2.15. The van der Waals surface area contributed by atoms with E-state index in [9.17, 15) is 4.79 Å². The van der Waals surface area contributed by atoms with Crippen LogP contribution in [0.3, 0.4) is 0 Å². The molecule has 2 heterocycles. The maximum absolute atomic E-state index is 13.0.